The van der Waals surface area contributed by atoms with Crippen molar-refractivity contribution in [2.45, 2.75) is 52.4 Å². The minimum Gasteiger partial charge on any atom is -0.324 e. The minimum atomic E-state index is -3.96. The third-order valence-corrected chi connectivity index (χ3v) is 7.49. The predicted octanol–water partition coefficient (Wildman–Crippen LogP) is 5.88. The molecule has 0 saturated carbocycles. The fraction of sp³-hybridized carbons (Fsp3) is 0.296. The van der Waals surface area contributed by atoms with Crippen molar-refractivity contribution in [3.05, 3.63) is 88.5 Å². The molecular weight excluding hydrogens is 432 g/mol. The molecule has 3 aromatic carbocycles. The van der Waals surface area contributed by atoms with Crippen LogP contribution in [0.25, 0.3) is 0 Å². The van der Waals surface area contributed by atoms with E-state index in [4.69, 9.17) is 0 Å². The van der Waals surface area contributed by atoms with Crippen molar-refractivity contribution in [3.63, 3.8) is 0 Å². The van der Waals surface area contributed by atoms with Crippen LogP contribution >= 0.6 is 0 Å². The summed E-state index contributed by atoms with van der Waals surface area (Å²) < 4.78 is 28.6. The van der Waals surface area contributed by atoms with E-state index in [1.54, 1.807) is 24.3 Å². The Morgan fingerprint density at radius 2 is 1.52 bits per heavy atom. The quantitative estimate of drug-likeness (QED) is 0.475. The van der Waals surface area contributed by atoms with Crippen molar-refractivity contribution in [2.75, 3.05) is 16.2 Å². The van der Waals surface area contributed by atoms with E-state index >= 15 is 0 Å². The van der Waals surface area contributed by atoms with Crippen LogP contribution in [0.3, 0.4) is 0 Å². The zero-order valence-electron chi connectivity index (χ0n) is 20.1. The van der Waals surface area contributed by atoms with Gasteiger partial charge in [-0.15, -0.1) is 0 Å². The summed E-state index contributed by atoms with van der Waals surface area (Å²) in [7, 11) is -3.96. The topological polar surface area (TPSA) is 66.5 Å². The lowest BCUT2D eigenvalue weighted by Gasteiger charge is -2.26. The van der Waals surface area contributed by atoms with E-state index in [2.05, 4.69) is 19.2 Å². The first-order chi connectivity index (χ1) is 15.5. The van der Waals surface area contributed by atoms with E-state index in [0.29, 0.717) is 5.69 Å². The lowest BCUT2D eigenvalue weighted by atomic mass is 9.98. The summed E-state index contributed by atoms with van der Waals surface area (Å²) in [4.78, 5) is 13.4. The smallest absolute Gasteiger partial charge is 0.264 e. The summed E-state index contributed by atoms with van der Waals surface area (Å²) in [6.07, 6.45) is 0. The fourth-order valence-electron chi connectivity index (χ4n) is 3.78. The first-order valence-corrected chi connectivity index (χ1v) is 12.5. The van der Waals surface area contributed by atoms with Crippen LogP contribution in [0.4, 0.5) is 11.4 Å². The molecule has 6 heteroatoms. The number of nitrogens with zero attached hydrogens (tertiary/aromatic N) is 1. The lowest BCUT2D eigenvalue weighted by Crippen LogP contribution is -2.38. The van der Waals surface area contributed by atoms with Crippen LogP contribution in [0.2, 0.25) is 0 Å². The van der Waals surface area contributed by atoms with Gasteiger partial charge in [-0.1, -0.05) is 61.9 Å². The Balaban J connectivity index is 2.04. The van der Waals surface area contributed by atoms with Gasteiger partial charge in [0.2, 0.25) is 5.91 Å². The predicted molar refractivity (Wildman–Crippen MR) is 136 cm³/mol. The highest BCUT2D eigenvalue weighted by molar-refractivity contribution is 7.92. The molecule has 0 unspecified atom stereocenters. The highest BCUT2D eigenvalue weighted by Crippen LogP contribution is 2.30. The Bertz CT molecular complexity index is 1260. The number of para-hydroxylation sites is 1. The molecule has 0 heterocycles. The fourth-order valence-corrected chi connectivity index (χ4v) is 5.25. The van der Waals surface area contributed by atoms with Gasteiger partial charge in [0.1, 0.15) is 6.54 Å². The van der Waals surface area contributed by atoms with Crippen LogP contribution in [0, 0.1) is 27.7 Å². The average molecular weight is 465 g/mol. The Morgan fingerprint density at radius 1 is 0.879 bits per heavy atom. The number of hydrogen-bond acceptors (Lipinski definition) is 3. The molecule has 5 nitrogen and oxygen atoms in total. The van der Waals surface area contributed by atoms with E-state index in [1.165, 1.54) is 4.31 Å². The standard InChI is InChI=1S/C27H32N2O3S/c1-18(2)24-9-7-8-22(6)27(24)28-26(30)17-29(25-16-20(4)10-13-21(25)5)33(31,32)23-14-11-19(3)12-15-23/h7-16,18H,17H2,1-6H3,(H,28,30). The summed E-state index contributed by atoms with van der Waals surface area (Å²) in [6.45, 7) is 11.4. The number of carbonyl (C=O) groups excluding carboxylic acids is 1. The molecule has 1 N–H and O–H groups in total. The van der Waals surface area contributed by atoms with Gasteiger partial charge < -0.3 is 5.32 Å². The molecule has 0 spiro atoms. The molecule has 0 atom stereocenters. The normalized spacial score (nSPS) is 11.5. The van der Waals surface area contributed by atoms with Crippen molar-refractivity contribution in [1.82, 2.24) is 0 Å². The van der Waals surface area contributed by atoms with Gasteiger partial charge in [0, 0.05) is 5.69 Å². The van der Waals surface area contributed by atoms with Gasteiger partial charge in [-0.3, -0.25) is 9.10 Å². The van der Waals surface area contributed by atoms with Crippen LogP contribution < -0.4 is 9.62 Å². The third-order valence-electron chi connectivity index (χ3n) is 5.72. The van der Waals surface area contributed by atoms with Crippen LogP contribution in [0.1, 0.15) is 47.6 Å². The average Bonchev–Trinajstić information content (AvgIpc) is 2.75. The maximum atomic E-state index is 13.7. The second-order valence-corrected chi connectivity index (χ2v) is 10.7. The van der Waals surface area contributed by atoms with E-state index in [-0.39, 0.29) is 23.3 Å². The molecule has 0 radical (unpaired) electrons. The maximum Gasteiger partial charge on any atom is 0.264 e. The van der Waals surface area contributed by atoms with Crippen LogP contribution in [-0.2, 0) is 14.8 Å². The van der Waals surface area contributed by atoms with Crippen LogP contribution in [0.5, 0.6) is 0 Å². The minimum absolute atomic E-state index is 0.153. The molecular formula is C27H32N2O3S. The Kier molecular flexibility index (Phi) is 7.28. The molecule has 0 aliphatic rings. The van der Waals surface area contributed by atoms with E-state index in [9.17, 15) is 13.2 Å². The second kappa shape index (κ2) is 9.79. The Labute approximate surface area is 197 Å². The number of nitrogens with one attached hydrogen (secondary N) is 1. The SMILES string of the molecule is Cc1ccc(S(=O)(=O)N(CC(=O)Nc2c(C)cccc2C(C)C)c2cc(C)ccc2C)cc1. The largest absolute Gasteiger partial charge is 0.324 e. The molecule has 174 valence electrons. The zero-order chi connectivity index (χ0) is 24.3. The molecule has 0 saturated heterocycles. The summed E-state index contributed by atoms with van der Waals surface area (Å²) >= 11 is 0. The van der Waals surface area contributed by atoms with Crippen molar-refractivity contribution in [1.29, 1.82) is 0 Å². The Hall–Kier alpha value is -3.12. The molecule has 0 bridgehead atoms. The monoisotopic (exact) mass is 464 g/mol. The molecule has 0 fully saturated rings. The number of rotatable bonds is 7. The van der Waals surface area contributed by atoms with Crippen molar-refractivity contribution < 1.29 is 13.2 Å². The lowest BCUT2D eigenvalue weighted by molar-refractivity contribution is -0.114. The first kappa shape index (κ1) is 24.5. The van der Waals surface area contributed by atoms with E-state index in [0.717, 1.165) is 33.5 Å². The van der Waals surface area contributed by atoms with Crippen LogP contribution in [0.15, 0.2) is 65.6 Å². The van der Waals surface area contributed by atoms with Gasteiger partial charge in [0.25, 0.3) is 10.0 Å². The number of benzene rings is 3. The molecule has 0 aliphatic heterocycles. The van der Waals surface area contributed by atoms with Crippen LogP contribution in [-0.4, -0.2) is 20.9 Å². The Morgan fingerprint density at radius 3 is 2.15 bits per heavy atom. The molecule has 33 heavy (non-hydrogen) atoms. The zero-order valence-corrected chi connectivity index (χ0v) is 21.0. The number of hydrogen-bond donors (Lipinski definition) is 1. The van der Waals surface area contributed by atoms with Crippen molar-refractivity contribution >= 4 is 27.3 Å². The van der Waals surface area contributed by atoms with Crippen molar-refractivity contribution in [3.8, 4) is 0 Å². The van der Waals surface area contributed by atoms with Gasteiger partial charge in [-0.25, -0.2) is 8.42 Å². The van der Waals surface area contributed by atoms with Gasteiger partial charge in [-0.2, -0.15) is 0 Å². The second-order valence-electron chi connectivity index (χ2n) is 8.86. The molecule has 0 aliphatic carbocycles. The summed E-state index contributed by atoms with van der Waals surface area (Å²) in [6, 6.07) is 18.2. The van der Waals surface area contributed by atoms with Crippen molar-refractivity contribution in [2.24, 2.45) is 0 Å². The molecule has 1 amide bonds. The highest BCUT2D eigenvalue weighted by Gasteiger charge is 2.29. The van der Waals surface area contributed by atoms with E-state index in [1.807, 2.05) is 64.1 Å². The highest BCUT2D eigenvalue weighted by atomic mass is 32.2. The first-order valence-electron chi connectivity index (χ1n) is 11.1. The molecule has 3 aromatic rings. The summed E-state index contributed by atoms with van der Waals surface area (Å²) in [5.74, 6) is -0.172. The van der Waals surface area contributed by atoms with Gasteiger partial charge >= 0.3 is 0 Å². The molecule has 0 aromatic heterocycles. The third kappa shape index (κ3) is 5.45. The maximum absolute atomic E-state index is 13.7. The number of aryl methyl sites for hydroxylation is 4. The van der Waals surface area contributed by atoms with Gasteiger partial charge in [0.05, 0.1) is 10.6 Å². The molecule has 3 rings (SSSR count). The van der Waals surface area contributed by atoms with E-state index < -0.39 is 10.0 Å². The number of anilines is 2. The van der Waals surface area contributed by atoms with Gasteiger partial charge in [0.15, 0.2) is 0 Å². The number of sulfonamides is 1. The summed E-state index contributed by atoms with van der Waals surface area (Å²) in [5, 5.41) is 2.98. The number of amides is 1. The summed E-state index contributed by atoms with van der Waals surface area (Å²) in [5.41, 5.74) is 5.86. The number of carbonyl (C=O) groups is 1. The van der Waals surface area contributed by atoms with Gasteiger partial charge in [-0.05, 0) is 74.1 Å².